The lowest BCUT2D eigenvalue weighted by molar-refractivity contribution is 0.100. The number of aromatic nitrogens is 2. The number of aliphatic hydroxyl groups excluding tert-OH is 1. The molecule has 0 saturated heterocycles. The van der Waals surface area contributed by atoms with Gasteiger partial charge in [-0.05, 0) is 30.5 Å². The van der Waals surface area contributed by atoms with Crippen LogP contribution in [0.2, 0.25) is 0 Å². The van der Waals surface area contributed by atoms with Crippen LogP contribution in [0.4, 0.5) is 0 Å². The number of hydrogen-bond acceptors (Lipinski definition) is 3. The molecule has 0 aliphatic carbocycles. The van der Waals surface area contributed by atoms with Gasteiger partial charge in [0, 0.05) is 23.3 Å². The number of benzene rings is 3. The Kier molecular flexibility index (Phi) is 7.52. The lowest BCUT2D eigenvalue weighted by Gasteiger charge is -2.02. The van der Waals surface area contributed by atoms with E-state index in [9.17, 15) is 4.79 Å². The van der Waals surface area contributed by atoms with Crippen LogP contribution in [0, 0.1) is 0 Å². The predicted octanol–water partition coefficient (Wildman–Crippen LogP) is 4.45. The van der Waals surface area contributed by atoms with Gasteiger partial charge in [-0.25, -0.2) is 0 Å². The Hall–Kier alpha value is -3.70. The molecule has 1 amide bonds. The van der Waals surface area contributed by atoms with E-state index in [0.717, 1.165) is 35.4 Å². The number of primary amides is 1. The number of H-pyrrole nitrogens is 1. The van der Waals surface area contributed by atoms with Crippen LogP contribution >= 0.6 is 0 Å². The zero-order chi connectivity index (χ0) is 21.2. The third kappa shape index (κ3) is 5.65. The highest BCUT2D eigenvalue weighted by atomic mass is 16.2. The molecule has 0 unspecified atom stereocenters. The Morgan fingerprint density at radius 1 is 0.900 bits per heavy atom. The van der Waals surface area contributed by atoms with Crippen LogP contribution in [0.15, 0.2) is 91.0 Å². The number of rotatable bonds is 6. The average molecular weight is 399 g/mol. The number of nitrogens with two attached hydrogens (primary N) is 1. The molecule has 1 heterocycles. The Morgan fingerprint density at radius 3 is 2.20 bits per heavy atom. The molecule has 30 heavy (non-hydrogen) atoms. The average Bonchev–Trinajstić information content (AvgIpc) is 3.30. The molecule has 0 atom stereocenters. The summed E-state index contributed by atoms with van der Waals surface area (Å²) >= 11 is 0. The minimum atomic E-state index is -0.448. The van der Waals surface area contributed by atoms with E-state index in [1.807, 2.05) is 66.7 Å². The Labute approximate surface area is 176 Å². The number of carbonyl (C=O) groups is 1. The third-order valence-corrected chi connectivity index (χ3v) is 4.60. The maximum absolute atomic E-state index is 11.5. The van der Waals surface area contributed by atoms with Crippen molar-refractivity contribution in [2.75, 3.05) is 6.61 Å². The van der Waals surface area contributed by atoms with Crippen LogP contribution < -0.4 is 5.73 Å². The van der Waals surface area contributed by atoms with Gasteiger partial charge < -0.3 is 10.8 Å². The summed E-state index contributed by atoms with van der Waals surface area (Å²) in [7, 11) is 0. The van der Waals surface area contributed by atoms with Crippen molar-refractivity contribution in [1.29, 1.82) is 0 Å². The fraction of sp³-hybridized carbons (Fsp3) is 0.120. The van der Waals surface area contributed by atoms with Crippen molar-refractivity contribution in [2.45, 2.75) is 12.8 Å². The minimum absolute atomic E-state index is 0.287. The summed E-state index contributed by atoms with van der Waals surface area (Å²) in [5, 5.41) is 15.8. The van der Waals surface area contributed by atoms with Gasteiger partial charge in [0.05, 0.1) is 11.4 Å². The number of carbonyl (C=O) groups excluding carboxylic acids is 1. The molecule has 0 saturated carbocycles. The molecule has 0 bridgehead atoms. The molecule has 0 radical (unpaired) electrons. The Bertz CT molecular complexity index is 1060. The molecular weight excluding hydrogens is 374 g/mol. The number of amides is 1. The maximum atomic E-state index is 11.5. The first-order valence-electron chi connectivity index (χ1n) is 9.84. The summed E-state index contributed by atoms with van der Waals surface area (Å²) in [6.45, 7) is 0.287. The van der Waals surface area contributed by atoms with Gasteiger partial charge in [0.1, 0.15) is 0 Å². The van der Waals surface area contributed by atoms with E-state index < -0.39 is 5.91 Å². The second-order valence-corrected chi connectivity index (χ2v) is 6.76. The monoisotopic (exact) mass is 399 g/mol. The van der Waals surface area contributed by atoms with Gasteiger partial charge in [-0.3, -0.25) is 9.89 Å². The molecule has 0 spiro atoms. The van der Waals surface area contributed by atoms with Crippen LogP contribution in [0.5, 0.6) is 0 Å². The molecule has 4 rings (SSSR count). The topological polar surface area (TPSA) is 92.0 Å². The first kappa shape index (κ1) is 21.0. The van der Waals surface area contributed by atoms with Gasteiger partial charge in [0.15, 0.2) is 0 Å². The van der Waals surface area contributed by atoms with E-state index in [-0.39, 0.29) is 6.61 Å². The Balaban J connectivity index is 0.000000216. The van der Waals surface area contributed by atoms with E-state index in [2.05, 4.69) is 22.3 Å². The number of nitrogens with one attached hydrogen (secondary N) is 1. The highest BCUT2D eigenvalue weighted by Crippen LogP contribution is 2.26. The predicted molar refractivity (Wildman–Crippen MR) is 120 cm³/mol. The smallest absolute Gasteiger partial charge is 0.249 e. The van der Waals surface area contributed by atoms with Gasteiger partial charge in [-0.1, -0.05) is 78.9 Å². The molecule has 152 valence electrons. The fourth-order valence-electron chi connectivity index (χ4n) is 3.08. The number of hydrogen-bond donors (Lipinski definition) is 3. The molecule has 4 aromatic rings. The van der Waals surface area contributed by atoms with Gasteiger partial charge in [-0.15, -0.1) is 0 Å². The van der Waals surface area contributed by atoms with E-state index >= 15 is 0 Å². The zero-order valence-electron chi connectivity index (χ0n) is 16.7. The molecule has 3 aromatic carbocycles. The van der Waals surface area contributed by atoms with E-state index in [4.69, 9.17) is 10.8 Å². The summed E-state index contributed by atoms with van der Waals surface area (Å²) in [5.41, 5.74) is 10.6. The second kappa shape index (κ2) is 10.7. The minimum Gasteiger partial charge on any atom is -0.396 e. The first-order valence-corrected chi connectivity index (χ1v) is 9.84. The quantitative estimate of drug-likeness (QED) is 0.447. The molecule has 5 nitrogen and oxygen atoms in total. The number of aromatic amines is 1. The largest absolute Gasteiger partial charge is 0.396 e. The number of aliphatic hydroxyl groups is 1. The van der Waals surface area contributed by atoms with Crippen molar-refractivity contribution in [3.05, 3.63) is 102 Å². The van der Waals surface area contributed by atoms with Gasteiger partial charge in [-0.2, -0.15) is 5.10 Å². The lowest BCUT2D eigenvalue weighted by atomic mass is 10.0. The Morgan fingerprint density at radius 2 is 1.53 bits per heavy atom. The van der Waals surface area contributed by atoms with Crippen molar-refractivity contribution >= 4 is 5.91 Å². The maximum Gasteiger partial charge on any atom is 0.249 e. The summed E-state index contributed by atoms with van der Waals surface area (Å²) in [5.74, 6) is -0.448. The van der Waals surface area contributed by atoms with Crippen LogP contribution in [-0.4, -0.2) is 27.8 Å². The van der Waals surface area contributed by atoms with Gasteiger partial charge in [0.25, 0.3) is 0 Å². The molecule has 0 aliphatic rings. The van der Waals surface area contributed by atoms with Crippen LogP contribution in [0.1, 0.15) is 22.3 Å². The summed E-state index contributed by atoms with van der Waals surface area (Å²) in [6, 6.07) is 29.2. The zero-order valence-corrected chi connectivity index (χ0v) is 16.7. The highest BCUT2D eigenvalue weighted by molar-refractivity contribution is 5.99. The normalized spacial score (nSPS) is 10.2. The standard InChI is InChI=1S/C16H13N3O.C9H12O/c17-16(20)13-9-5-4-8-12(13)15-10-14(18-19-15)11-6-2-1-3-7-11;10-8-4-7-9-5-2-1-3-6-9/h1-10H,(H2,17,20)(H,18,19);1-3,5-6,10H,4,7-8H2. The second-order valence-electron chi connectivity index (χ2n) is 6.76. The highest BCUT2D eigenvalue weighted by Gasteiger charge is 2.12. The SMILES string of the molecule is NC(=O)c1ccccc1-c1cc(-c2ccccc2)n[nH]1.OCCCc1ccccc1. The van der Waals surface area contributed by atoms with Crippen LogP contribution in [0.3, 0.4) is 0 Å². The van der Waals surface area contributed by atoms with E-state index in [0.29, 0.717) is 5.56 Å². The number of aryl methyl sites for hydroxylation is 1. The van der Waals surface area contributed by atoms with Crippen LogP contribution in [0.25, 0.3) is 22.5 Å². The summed E-state index contributed by atoms with van der Waals surface area (Å²) in [4.78, 5) is 11.5. The first-order chi connectivity index (χ1) is 14.7. The van der Waals surface area contributed by atoms with Crippen molar-refractivity contribution < 1.29 is 9.90 Å². The molecule has 1 aromatic heterocycles. The molecule has 0 aliphatic heterocycles. The van der Waals surface area contributed by atoms with E-state index in [1.165, 1.54) is 5.56 Å². The lowest BCUT2D eigenvalue weighted by Crippen LogP contribution is -2.12. The molecule has 5 heteroatoms. The van der Waals surface area contributed by atoms with Gasteiger partial charge in [0.2, 0.25) is 5.91 Å². The molecule has 0 fully saturated rings. The van der Waals surface area contributed by atoms with Crippen molar-refractivity contribution in [3.8, 4) is 22.5 Å². The van der Waals surface area contributed by atoms with Crippen molar-refractivity contribution in [2.24, 2.45) is 5.73 Å². The van der Waals surface area contributed by atoms with Crippen LogP contribution in [-0.2, 0) is 6.42 Å². The number of nitrogens with zero attached hydrogens (tertiary/aromatic N) is 1. The van der Waals surface area contributed by atoms with Crippen molar-refractivity contribution in [1.82, 2.24) is 10.2 Å². The molecular formula is C25H25N3O2. The summed E-state index contributed by atoms with van der Waals surface area (Å²) in [6.07, 6.45) is 1.85. The summed E-state index contributed by atoms with van der Waals surface area (Å²) < 4.78 is 0. The van der Waals surface area contributed by atoms with E-state index in [1.54, 1.807) is 12.1 Å². The fourth-order valence-corrected chi connectivity index (χ4v) is 3.08. The van der Waals surface area contributed by atoms with Gasteiger partial charge >= 0.3 is 0 Å². The van der Waals surface area contributed by atoms with Crippen molar-refractivity contribution in [3.63, 3.8) is 0 Å². The third-order valence-electron chi connectivity index (χ3n) is 4.60. The molecule has 4 N–H and O–H groups in total.